The molecule has 0 aliphatic carbocycles. The maximum absolute atomic E-state index is 12.5. The zero-order valence-electron chi connectivity index (χ0n) is 15.2. The third-order valence-corrected chi connectivity index (χ3v) is 4.60. The first-order chi connectivity index (χ1) is 12.8. The molecule has 3 rings (SSSR count). The van der Waals surface area contributed by atoms with Crippen LogP contribution in [0.25, 0.3) is 0 Å². The van der Waals surface area contributed by atoms with E-state index >= 15 is 0 Å². The predicted molar refractivity (Wildman–Crippen MR) is 102 cm³/mol. The summed E-state index contributed by atoms with van der Waals surface area (Å²) in [6.07, 6.45) is 4.15. The molecule has 138 valence electrons. The molecule has 26 heavy (non-hydrogen) atoms. The average Bonchev–Trinajstić information content (AvgIpc) is 2.92. The minimum atomic E-state index is 0.237. The topological polar surface area (TPSA) is 45.7 Å². The quantitative estimate of drug-likeness (QED) is 0.718. The van der Waals surface area contributed by atoms with Crippen LogP contribution >= 0.6 is 0 Å². The van der Waals surface area contributed by atoms with Crippen molar-refractivity contribution in [3.63, 3.8) is 0 Å². The molecule has 1 fully saturated rings. The third-order valence-electron chi connectivity index (χ3n) is 4.60. The molecule has 5 nitrogen and oxygen atoms in total. The van der Waals surface area contributed by atoms with Crippen LogP contribution in [-0.2, 0) is 11.3 Å². The van der Waals surface area contributed by atoms with Crippen LogP contribution in [0.4, 0.5) is 0 Å². The summed E-state index contributed by atoms with van der Waals surface area (Å²) in [5, 5.41) is 0. The van der Waals surface area contributed by atoms with Gasteiger partial charge >= 0.3 is 0 Å². The van der Waals surface area contributed by atoms with Gasteiger partial charge in [-0.3, -0.25) is 14.7 Å². The highest BCUT2D eigenvalue weighted by Crippen LogP contribution is 2.11. The van der Waals surface area contributed by atoms with Crippen molar-refractivity contribution >= 4 is 5.91 Å². The fourth-order valence-corrected chi connectivity index (χ4v) is 3.19. The van der Waals surface area contributed by atoms with E-state index in [-0.39, 0.29) is 5.91 Å². The van der Waals surface area contributed by atoms with Gasteiger partial charge in [0.25, 0.3) is 0 Å². The molecule has 0 N–H and O–H groups in total. The highest BCUT2D eigenvalue weighted by molar-refractivity contribution is 5.76. The normalized spacial score (nSPS) is 15.5. The summed E-state index contributed by atoms with van der Waals surface area (Å²) in [7, 11) is 0. The number of carbonyl (C=O) groups excluding carboxylic acids is 1. The van der Waals surface area contributed by atoms with Crippen LogP contribution in [0.15, 0.2) is 54.7 Å². The largest absolute Gasteiger partial charge is 0.494 e. The van der Waals surface area contributed by atoms with Gasteiger partial charge in [-0.25, -0.2) is 0 Å². The van der Waals surface area contributed by atoms with Crippen molar-refractivity contribution in [1.82, 2.24) is 14.8 Å². The Bertz CT molecular complexity index is 663. The molecule has 1 aromatic carbocycles. The lowest BCUT2D eigenvalue weighted by Gasteiger charge is -2.22. The highest BCUT2D eigenvalue weighted by atomic mass is 16.5. The molecule has 1 aliphatic rings. The number of rotatable bonds is 7. The van der Waals surface area contributed by atoms with Gasteiger partial charge in [0.1, 0.15) is 5.75 Å². The smallest absolute Gasteiger partial charge is 0.222 e. The first-order valence-electron chi connectivity index (χ1n) is 9.39. The number of pyridine rings is 1. The second-order valence-corrected chi connectivity index (χ2v) is 6.60. The van der Waals surface area contributed by atoms with Crippen molar-refractivity contribution in [2.45, 2.75) is 25.8 Å². The number of para-hydroxylation sites is 1. The van der Waals surface area contributed by atoms with Crippen LogP contribution < -0.4 is 4.74 Å². The van der Waals surface area contributed by atoms with Crippen molar-refractivity contribution in [1.29, 1.82) is 0 Å². The van der Waals surface area contributed by atoms with Crippen molar-refractivity contribution in [2.24, 2.45) is 0 Å². The van der Waals surface area contributed by atoms with E-state index in [1.165, 1.54) is 0 Å². The number of ether oxygens (including phenoxy) is 1. The van der Waals surface area contributed by atoms with Crippen LogP contribution in [0.2, 0.25) is 0 Å². The number of benzene rings is 1. The maximum Gasteiger partial charge on any atom is 0.222 e. The Morgan fingerprint density at radius 1 is 1.00 bits per heavy atom. The van der Waals surface area contributed by atoms with E-state index < -0.39 is 0 Å². The molecule has 1 aliphatic heterocycles. The van der Waals surface area contributed by atoms with E-state index in [0.717, 1.165) is 57.0 Å². The molecule has 1 saturated heterocycles. The predicted octanol–water partition coefficient (Wildman–Crippen LogP) is 2.98. The van der Waals surface area contributed by atoms with E-state index in [1.54, 1.807) is 0 Å². The fraction of sp³-hybridized carbons (Fsp3) is 0.429. The van der Waals surface area contributed by atoms with Gasteiger partial charge in [-0.05, 0) is 37.1 Å². The van der Waals surface area contributed by atoms with Gasteiger partial charge in [-0.1, -0.05) is 24.3 Å². The Labute approximate surface area is 155 Å². The minimum absolute atomic E-state index is 0.237. The van der Waals surface area contributed by atoms with E-state index in [9.17, 15) is 4.79 Å². The molecule has 0 bridgehead atoms. The number of hydrogen-bond donors (Lipinski definition) is 0. The van der Waals surface area contributed by atoms with Crippen LogP contribution in [0.3, 0.4) is 0 Å². The van der Waals surface area contributed by atoms with Crippen molar-refractivity contribution < 1.29 is 9.53 Å². The Morgan fingerprint density at radius 3 is 2.65 bits per heavy atom. The zero-order chi connectivity index (χ0) is 18.0. The lowest BCUT2D eigenvalue weighted by atomic mass is 10.2. The number of amides is 1. The van der Waals surface area contributed by atoms with Gasteiger partial charge < -0.3 is 9.64 Å². The molecule has 0 radical (unpaired) electrons. The second-order valence-electron chi connectivity index (χ2n) is 6.60. The molecule has 5 heteroatoms. The Morgan fingerprint density at radius 2 is 1.85 bits per heavy atom. The molecule has 0 saturated carbocycles. The van der Waals surface area contributed by atoms with E-state index in [0.29, 0.717) is 13.0 Å². The Kier molecular flexibility index (Phi) is 7.02. The first-order valence-corrected chi connectivity index (χ1v) is 9.39. The summed E-state index contributed by atoms with van der Waals surface area (Å²) in [6, 6.07) is 15.8. The number of hydrogen-bond acceptors (Lipinski definition) is 4. The molecular weight excluding hydrogens is 326 g/mol. The molecule has 0 spiro atoms. The fourth-order valence-electron chi connectivity index (χ4n) is 3.19. The van der Waals surface area contributed by atoms with Gasteiger partial charge in [-0.2, -0.15) is 0 Å². The Balaban J connectivity index is 1.37. The van der Waals surface area contributed by atoms with Crippen LogP contribution in [0.5, 0.6) is 5.75 Å². The van der Waals surface area contributed by atoms with E-state index in [1.807, 2.05) is 53.6 Å². The summed E-state index contributed by atoms with van der Waals surface area (Å²) in [5.74, 6) is 1.10. The zero-order valence-corrected chi connectivity index (χ0v) is 15.2. The second kappa shape index (κ2) is 9.92. The lowest BCUT2D eigenvalue weighted by Crippen LogP contribution is -2.35. The van der Waals surface area contributed by atoms with Crippen molar-refractivity contribution in [2.75, 3.05) is 32.8 Å². The minimum Gasteiger partial charge on any atom is -0.494 e. The number of aromatic nitrogens is 1. The van der Waals surface area contributed by atoms with E-state index in [2.05, 4.69) is 16.0 Å². The summed E-state index contributed by atoms with van der Waals surface area (Å²) in [4.78, 5) is 21.2. The summed E-state index contributed by atoms with van der Waals surface area (Å²) in [6.45, 7) is 4.99. The summed E-state index contributed by atoms with van der Waals surface area (Å²) >= 11 is 0. The first kappa shape index (κ1) is 18.4. The molecule has 2 heterocycles. The van der Waals surface area contributed by atoms with Gasteiger partial charge in [0.15, 0.2) is 0 Å². The molecule has 0 unspecified atom stereocenters. The van der Waals surface area contributed by atoms with Gasteiger partial charge in [-0.15, -0.1) is 0 Å². The number of carbonyl (C=O) groups is 1. The molecule has 1 aromatic heterocycles. The van der Waals surface area contributed by atoms with Crippen molar-refractivity contribution in [3.8, 4) is 5.75 Å². The van der Waals surface area contributed by atoms with Gasteiger partial charge in [0.05, 0.1) is 12.3 Å². The van der Waals surface area contributed by atoms with Gasteiger partial charge in [0.2, 0.25) is 5.91 Å². The third kappa shape index (κ3) is 5.85. The van der Waals surface area contributed by atoms with Gasteiger partial charge in [0, 0.05) is 45.3 Å². The maximum atomic E-state index is 12.5. The molecule has 1 amide bonds. The highest BCUT2D eigenvalue weighted by Gasteiger charge is 2.19. The van der Waals surface area contributed by atoms with E-state index in [4.69, 9.17) is 4.74 Å². The average molecular weight is 353 g/mol. The summed E-state index contributed by atoms with van der Waals surface area (Å²) in [5.41, 5.74) is 1.09. The summed E-state index contributed by atoms with van der Waals surface area (Å²) < 4.78 is 5.67. The van der Waals surface area contributed by atoms with Crippen LogP contribution in [-0.4, -0.2) is 53.5 Å². The Hall–Kier alpha value is -2.40. The molecule has 0 atom stereocenters. The lowest BCUT2D eigenvalue weighted by molar-refractivity contribution is -0.131. The monoisotopic (exact) mass is 353 g/mol. The number of nitrogens with zero attached hydrogens (tertiary/aromatic N) is 3. The standard InChI is InChI=1S/C21H27N3O2/c25-21(11-6-17-26-20-9-2-1-3-10-20)24-14-7-13-23(15-16-24)18-19-8-4-5-12-22-19/h1-5,8-10,12H,6-7,11,13-18H2. The van der Waals surface area contributed by atoms with Crippen molar-refractivity contribution in [3.05, 3.63) is 60.4 Å². The molecular formula is C21H27N3O2. The SMILES string of the molecule is O=C(CCCOc1ccccc1)N1CCCN(Cc2ccccn2)CC1. The molecule has 2 aromatic rings. The van der Waals surface area contributed by atoms with Crippen LogP contribution in [0, 0.1) is 0 Å². The van der Waals surface area contributed by atoms with Crippen LogP contribution in [0.1, 0.15) is 25.0 Å².